The van der Waals surface area contributed by atoms with Gasteiger partial charge < -0.3 is 19.1 Å². The van der Waals surface area contributed by atoms with Gasteiger partial charge in [-0.05, 0) is 34.7 Å². The van der Waals surface area contributed by atoms with Crippen LogP contribution in [0.4, 0.5) is 0 Å². The maximum Gasteiger partial charge on any atom is 0.254 e. The number of ether oxygens (including phenoxy) is 3. The van der Waals surface area contributed by atoms with Gasteiger partial charge >= 0.3 is 0 Å². The summed E-state index contributed by atoms with van der Waals surface area (Å²) < 4.78 is 16.3. The highest BCUT2D eigenvalue weighted by Crippen LogP contribution is 2.33. The summed E-state index contributed by atoms with van der Waals surface area (Å²) in [6.07, 6.45) is 0. The first kappa shape index (κ1) is 21.7. The van der Waals surface area contributed by atoms with Crippen LogP contribution in [-0.2, 0) is 16.7 Å². The second-order valence-electron chi connectivity index (χ2n) is 9.20. The summed E-state index contributed by atoms with van der Waals surface area (Å²) in [7, 11) is 0. The van der Waals surface area contributed by atoms with Gasteiger partial charge in [0.25, 0.3) is 5.91 Å². The number of benzene rings is 2. The number of rotatable bonds is 6. The van der Waals surface area contributed by atoms with E-state index in [1.54, 1.807) is 6.07 Å². The molecule has 0 spiro atoms. The summed E-state index contributed by atoms with van der Waals surface area (Å²) in [5.41, 5.74) is 3.15. The van der Waals surface area contributed by atoms with Gasteiger partial charge in [-0.25, -0.2) is 0 Å². The number of carbonyl (C=O) groups is 1. The van der Waals surface area contributed by atoms with Crippen LogP contribution in [0.2, 0.25) is 0 Å². The fourth-order valence-electron chi connectivity index (χ4n) is 3.88. The van der Waals surface area contributed by atoms with Crippen LogP contribution >= 0.6 is 0 Å². The highest BCUT2D eigenvalue weighted by Gasteiger charge is 2.22. The SMILES string of the molecule is CC(C)(C)c1ccc(CN(CCN2CCOCC2)C(=O)c2ccc3c(c2)OCO3)cc1. The van der Waals surface area contributed by atoms with E-state index < -0.39 is 0 Å². The topological polar surface area (TPSA) is 51.2 Å². The monoisotopic (exact) mass is 424 g/mol. The summed E-state index contributed by atoms with van der Waals surface area (Å²) in [4.78, 5) is 17.7. The maximum atomic E-state index is 13.4. The van der Waals surface area contributed by atoms with Crippen molar-refractivity contribution in [1.29, 1.82) is 0 Å². The molecular formula is C25H32N2O4. The maximum absolute atomic E-state index is 13.4. The van der Waals surface area contributed by atoms with Gasteiger partial charge in [0.15, 0.2) is 11.5 Å². The van der Waals surface area contributed by atoms with E-state index in [9.17, 15) is 4.79 Å². The summed E-state index contributed by atoms with van der Waals surface area (Å²) in [6.45, 7) is 12.2. The minimum Gasteiger partial charge on any atom is -0.454 e. The van der Waals surface area contributed by atoms with Crippen molar-refractivity contribution in [2.45, 2.75) is 32.7 Å². The average Bonchev–Trinajstić information content (AvgIpc) is 3.24. The lowest BCUT2D eigenvalue weighted by molar-refractivity contribution is 0.0320. The number of morpholine rings is 1. The van der Waals surface area contributed by atoms with Gasteiger partial charge in [-0.3, -0.25) is 9.69 Å². The Morgan fingerprint density at radius 1 is 1.00 bits per heavy atom. The van der Waals surface area contributed by atoms with Gasteiger partial charge in [0.05, 0.1) is 13.2 Å². The predicted octanol–water partition coefficient (Wildman–Crippen LogP) is 3.69. The Morgan fingerprint density at radius 3 is 2.42 bits per heavy atom. The molecule has 1 saturated heterocycles. The number of fused-ring (bicyclic) bond motifs is 1. The Kier molecular flexibility index (Phi) is 6.49. The standard InChI is InChI=1S/C25H32N2O4/c1-25(2,3)21-7-4-19(5-8-21)17-27(11-10-26-12-14-29-15-13-26)24(28)20-6-9-22-23(16-20)31-18-30-22/h4-9,16H,10-15,17-18H2,1-3H3. The number of hydrogen-bond acceptors (Lipinski definition) is 5. The van der Waals surface area contributed by atoms with Gasteiger partial charge in [-0.2, -0.15) is 0 Å². The molecule has 2 heterocycles. The van der Waals surface area contributed by atoms with Crippen LogP contribution in [0.3, 0.4) is 0 Å². The molecule has 2 aromatic carbocycles. The second-order valence-corrected chi connectivity index (χ2v) is 9.20. The molecule has 2 aliphatic heterocycles. The highest BCUT2D eigenvalue weighted by atomic mass is 16.7. The zero-order chi connectivity index (χ0) is 21.8. The van der Waals surface area contributed by atoms with E-state index in [1.807, 2.05) is 17.0 Å². The van der Waals surface area contributed by atoms with Crippen molar-refractivity contribution < 1.29 is 19.0 Å². The van der Waals surface area contributed by atoms with E-state index >= 15 is 0 Å². The van der Waals surface area contributed by atoms with Crippen LogP contribution in [0.1, 0.15) is 42.3 Å². The van der Waals surface area contributed by atoms with Crippen molar-refractivity contribution in [1.82, 2.24) is 9.80 Å². The molecular weight excluding hydrogens is 392 g/mol. The molecule has 1 amide bonds. The molecule has 4 rings (SSSR count). The Balaban J connectivity index is 1.51. The third kappa shape index (κ3) is 5.38. The molecule has 0 saturated carbocycles. The van der Waals surface area contributed by atoms with Gasteiger partial charge in [-0.15, -0.1) is 0 Å². The molecule has 2 aliphatic rings. The van der Waals surface area contributed by atoms with Crippen LogP contribution < -0.4 is 9.47 Å². The average molecular weight is 425 g/mol. The third-order valence-electron chi connectivity index (χ3n) is 5.89. The minimum absolute atomic E-state index is 0.00598. The molecule has 1 fully saturated rings. The third-order valence-corrected chi connectivity index (χ3v) is 5.89. The van der Waals surface area contributed by atoms with E-state index in [4.69, 9.17) is 14.2 Å². The Bertz CT molecular complexity index is 899. The smallest absolute Gasteiger partial charge is 0.254 e. The van der Waals surface area contributed by atoms with Crippen molar-refractivity contribution in [3.63, 3.8) is 0 Å². The van der Waals surface area contributed by atoms with Crippen LogP contribution in [-0.4, -0.2) is 61.9 Å². The van der Waals surface area contributed by atoms with E-state index in [0.29, 0.717) is 30.2 Å². The molecule has 0 bridgehead atoms. The highest BCUT2D eigenvalue weighted by molar-refractivity contribution is 5.95. The quantitative estimate of drug-likeness (QED) is 0.708. The molecule has 166 valence electrons. The molecule has 0 aromatic heterocycles. The van der Waals surface area contributed by atoms with Gasteiger partial charge in [0.1, 0.15) is 0 Å². The molecule has 0 aliphatic carbocycles. The summed E-state index contributed by atoms with van der Waals surface area (Å²) in [5.74, 6) is 1.33. The van der Waals surface area contributed by atoms with E-state index in [-0.39, 0.29) is 18.1 Å². The molecule has 0 atom stereocenters. The molecule has 6 heteroatoms. The predicted molar refractivity (Wildman–Crippen MR) is 120 cm³/mol. The van der Waals surface area contributed by atoms with E-state index in [1.165, 1.54) is 5.56 Å². The Hall–Kier alpha value is -2.57. The normalized spacial score (nSPS) is 16.4. The fourth-order valence-corrected chi connectivity index (χ4v) is 3.88. The second kappa shape index (κ2) is 9.28. The summed E-state index contributed by atoms with van der Waals surface area (Å²) >= 11 is 0. The van der Waals surface area contributed by atoms with E-state index in [2.05, 4.69) is 49.9 Å². The van der Waals surface area contributed by atoms with E-state index in [0.717, 1.165) is 38.4 Å². The van der Waals surface area contributed by atoms with Crippen LogP contribution in [0, 0.1) is 0 Å². The van der Waals surface area contributed by atoms with Crippen molar-refractivity contribution in [3.05, 3.63) is 59.2 Å². The fraction of sp³-hybridized carbons (Fsp3) is 0.480. The van der Waals surface area contributed by atoms with Gasteiger partial charge in [0, 0.05) is 38.3 Å². The Morgan fingerprint density at radius 2 is 1.71 bits per heavy atom. The number of nitrogens with zero attached hydrogens (tertiary/aromatic N) is 2. The molecule has 0 radical (unpaired) electrons. The van der Waals surface area contributed by atoms with Crippen molar-refractivity contribution in [2.75, 3.05) is 46.2 Å². The first-order valence-corrected chi connectivity index (χ1v) is 11.0. The van der Waals surface area contributed by atoms with Gasteiger partial charge in [-0.1, -0.05) is 45.0 Å². The number of hydrogen-bond donors (Lipinski definition) is 0. The summed E-state index contributed by atoms with van der Waals surface area (Å²) in [5, 5.41) is 0. The summed E-state index contributed by atoms with van der Waals surface area (Å²) in [6, 6.07) is 14.0. The first-order valence-electron chi connectivity index (χ1n) is 11.0. The molecule has 2 aromatic rings. The minimum atomic E-state index is 0.00598. The van der Waals surface area contributed by atoms with Crippen molar-refractivity contribution in [3.8, 4) is 11.5 Å². The molecule has 0 N–H and O–H groups in total. The van der Waals surface area contributed by atoms with Crippen LogP contribution in [0.5, 0.6) is 11.5 Å². The Labute approximate surface area is 184 Å². The zero-order valence-electron chi connectivity index (χ0n) is 18.7. The number of amides is 1. The largest absolute Gasteiger partial charge is 0.454 e. The lowest BCUT2D eigenvalue weighted by Gasteiger charge is -2.30. The first-order chi connectivity index (χ1) is 14.9. The van der Waals surface area contributed by atoms with Crippen LogP contribution in [0.25, 0.3) is 0 Å². The van der Waals surface area contributed by atoms with Crippen molar-refractivity contribution >= 4 is 5.91 Å². The molecule has 31 heavy (non-hydrogen) atoms. The van der Waals surface area contributed by atoms with Crippen molar-refractivity contribution in [2.24, 2.45) is 0 Å². The number of carbonyl (C=O) groups excluding carboxylic acids is 1. The molecule has 0 unspecified atom stereocenters. The van der Waals surface area contributed by atoms with Crippen LogP contribution in [0.15, 0.2) is 42.5 Å². The lowest BCUT2D eigenvalue weighted by atomic mass is 9.87. The molecule has 6 nitrogen and oxygen atoms in total. The zero-order valence-corrected chi connectivity index (χ0v) is 18.7. The van der Waals surface area contributed by atoms with Gasteiger partial charge in [0.2, 0.25) is 6.79 Å². The lowest BCUT2D eigenvalue weighted by Crippen LogP contribution is -2.42.